The Morgan fingerprint density at radius 2 is 2.12 bits per heavy atom. The summed E-state index contributed by atoms with van der Waals surface area (Å²) in [4.78, 5) is 16.5. The van der Waals surface area contributed by atoms with Crippen LogP contribution in [0.25, 0.3) is 0 Å². The number of sulfonamides is 1. The molecule has 1 amide bonds. The van der Waals surface area contributed by atoms with E-state index in [1.807, 2.05) is 0 Å². The molecule has 2 heterocycles. The van der Waals surface area contributed by atoms with Gasteiger partial charge in [-0.3, -0.25) is 4.79 Å². The van der Waals surface area contributed by atoms with Crippen LogP contribution < -0.4 is 5.32 Å². The average Bonchev–Trinajstić information content (AvgIpc) is 3.35. The van der Waals surface area contributed by atoms with E-state index in [0.717, 1.165) is 25.7 Å². The highest BCUT2D eigenvalue weighted by molar-refractivity contribution is 7.99. The van der Waals surface area contributed by atoms with Gasteiger partial charge in [0.1, 0.15) is 10.4 Å². The van der Waals surface area contributed by atoms with Crippen LogP contribution in [0.3, 0.4) is 0 Å². The van der Waals surface area contributed by atoms with Crippen LogP contribution in [0.1, 0.15) is 32.6 Å². The fraction of sp³-hybridized carbons (Fsp3) is 0.588. The largest absolute Gasteiger partial charge is 0.337 e. The number of hydrogen-bond donors (Lipinski definition) is 1. The maximum absolute atomic E-state index is 12.5. The Balaban J connectivity index is 1.56. The first-order chi connectivity index (χ1) is 12.3. The van der Waals surface area contributed by atoms with E-state index >= 15 is 0 Å². The van der Waals surface area contributed by atoms with E-state index in [4.69, 9.17) is 0 Å². The van der Waals surface area contributed by atoms with Gasteiger partial charge in [-0.15, -0.1) is 0 Å². The summed E-state index contributed by atoms with van der Waals surface area (Å²) in [6, 6.07) is 5.34. The van der Waals surface area contributed by atoms with Crippen molar-refractivity contribution in [2.24, 2.45) is 5.92 Å². The second kappa shape index (κ2) is 7.55. The Morgan fingerprint density at radius 3 is 2.65 bits per heavy atom. The molecule has 140 valence electrons. The molecule has 1 saturated carbocycles. The molecule has 9 heteroatoms. The van der Waals surface area contributed by atoms with Crippen molar-refractivity contribution in [1.29, 1.82) is 5.26 Å². The minimum Gasteiger partial charge on any atom is -0.337 e. The Labute approximate surface area is 158 Å². The zero-order valence-corrected chi connectivity index (χ0v) is 16.3. The summed E-state index contributed by atoms with van der Waals surface area (Å²) >= 11 is 1.22. The molecule has 1 saturated heterocycles. The van der Waals surface area contributed by atoms with E-state index < -0.39 is 15.6 Å². The molecule has 2 fully saturated rings. The highest BCUT2D eigenvalue weighted by Crippen LogP contribution is 2.39. The van der Waals surface area contributed by atoms with E-state index in [0.29, 0.717) is 18.1 Å². The highest BCUT2D eigenvalue weighted by atomic mass is 32.2. The molecule has 1 aromatic heterocycles. The number of amides is 1. The monoisotopic (exact) mass is 394 g/mol. The lowest BCUT2D eigenvalue weighted by Crippen LogP contribution is -2.47. The number of nitrogens with one attached hydrogen (secondary N) is 1. The zero-order valence-electron chi connectivity index (χ0n) is 14.6. The Bertz CT molecular complexity index is 809. The fourth-order valence-corrected chi connectivity index (χ4v) is 5.14. The number of pyridine rings is 1. The van der Waals surface area contributed by atoms with E-state index in [2.05, 4.69) is 16.4 Å². The van der Waals surface area contributed by atoms with Crippen LogP contribution in [0.5, 0.6) is 0 Å². The Kier molecular flexibility index (Phi) is 5.55. The summed E-state index contributed by atoms with van der Waals surface area (Å²) in [5, 5.41) is 12.7. The van der Waals surface area contributed by atoms with Crippen molar-refractivity contribution in [3.05, 3.63) is 18.3 Å². The molecule has 7 nitrogen and oxygen atoms in total. The summed E-state index contributed by atoms with van der Waals surface area (Å²) in [6.45, 7) is 2.86. The van der Waals surface area contributed by atoms with Crippen molar-refractivity contribution in [3.8, 4) is 6.07 Å². The number of aromatic nitrogens is 1. The summed E-state index contributed by atoms with van der Waals surface area (Å²) in [5.41, 5.74) is -0.807. The lowest BCUT2D eigenvalue weighted by atomic mass is 9.98. The quantitative estimate of drug-likeness (QED) is 0.707. The summed E-state index contributed by atoms with van der Waals surface area (Å²) < 4.78 is 26.4. The third-order valence-electron chi connectivity index (χ3n) is 4.79. The third-order valence-corrected chi connectivity index (χ3v) is 7.61. The number of nitriles is 1. The van der Waals surface area contributed by atoms with E-state index in [1.165, 1.54) is 28.3 Å². The van der Waals surface area contributed by atoms with E-state index in [1.54, 1.807) is 13.0 Å². The number of nitrogens with zero attached hydrogens (tertiary/aromatic N) is 3. The van der Waals surface area contributed by atoms with Gasteiger partial charge >= 0.3 is 0 Å². The average molecular weight is 395 g/mol. The number of hydrogen-bond acceptors (Lipinski definition) is 6. The lowest BCUT2D eigenvalue weighted by molar-refractivity contribution is -0.119. The number of rotatable bonds is 7. The van der Waals surface area contributed by atoms with Crippen molar-refractivity contribution in [1.82, 2.24) is 14.6 Å². The second-order valence-electron chi connectivity index (χ2n) is 6.87. The van der Waals surface area contributed by atoms with Crippen LogP contribution in [0.4, 0.5) is 0 Å². The van der Waals surface area contributed by atoms with Gasteiger partial charge in [0.15, 0.2) is 0 Å². The van der Waals surface area contributed by atoms with Gasteiger partial charge in [-0.2, -0.15) is 9.57 Å². The molecule has 26 heavy (non-hydrogen) atoms. The minimum atomic E-state index is -3.47. The molecule has 2 aliphatic rings. The van der Waals surface area contributed by atoms with Gasteiger partial charge in [0.25, 0.3) is 0 Å². The highest BCUT2D eigenvalue weighted by Gasteiger charge is 2.42. The smallest absolute Gasteiger partial charge is 0.244 e. The zero-order chi connectivity index (χ0) is 18.8. The normalized spacial score (nSPS) is 20.3. The first-order valence-corrected chi connectivity index (χ1v) is 11.1. The molecule has 0 unspecified atom stereocenters. The van der Waals surface area contributed by atoms with Crippen molar-refractivity contribution < 1.29 is 13.2 Å². The SMILES string of the molecule is C[C@](C#N)(NC(=O)CSc1ccc(S(=O)(=O)N2CCCC2)cn1)C1CC1. The van der Waals surface area contributed by atoms with Crippen LogP contribution >= 0.6 is 11.8 Å². The van der Waals surface area contributed by atoms with Gasteiger partial charge in [0, 0.05) is 19.3 Å². The molecular weight excluding hydrogens is 372 g/mol. The first-order valence-electron chi connectivity index (χ1n) is 8.66. The standard InChI is InChI=1S/C17H22N4O3S2/c1-17(12-18,13-4-5-13)20-15(22)11-25-16-7-6-14(10-19-16)26(23,24)21-8-2-3-9-21/h6-7,10,13H,2-5,8-9,11H2,1H3,(H,20,22)/t17-/m1/s1. The topological polar surface area (TPSA) is 103 Å². The predicted molar refractivity (Wildman–Crippen MR) is 97.8 cm³/mol. The molecule has 0 radical (unpaired) electrons. The lowest BCUT2D eigenvalue weighted by Gasteiger charge is -2.22. The summed E-state index contributed by atoms with van der Waals surface area (Å²) in [7, 11) is -3.47. The first kappa shape index (κ1) is 19.1. The number of carbonyl (C=O) groups is 1. The van der Waals surface area contributed by atoms with Gasteiger partial charge in [-0.05, 0) is 50.7 Å². The van der Waals surface area contributed by atoms with Crippen LogP contribution in [0, 0.1) is 17.2 Å². The van der Waals surface area contributed by atoms with Gasteiger partial charge < -0.3 is 5.32 Å². The fourth-order valence-electron chi connectivity index (χ4n) is 3.03. The van der Waals surface area contributed by atoms with Crippen molar-refractivity contribution in [2.45, 2.75) is 48.1 Å². The van der Waals surface area contributed by atoms with Crippen LogP contribution in [-0.2, 0) is 14.8 Å². The number of thioether (sulfide) groups is 1. The molecule has 1 aromatic rings. The predicted octanol–water partition coefficient (Wildman–Crippen LogP) is 1.77. The van der Waals surface area contributed by atoms with Gasteiger partial charge in [-0.25, -0.2) is 13.4 Å². The van der Waals surface area contributed by atoms with Gasteiger partial charge in [-0.1, -0.05) is 11.8 Å². The van der Waals surface area contributed by atoms with Crippen LogP contribution in [0.2, 0.25) is 0 Å². The van der Waals surface area contributed by atoms with Crippen LogP contribution in [0.15, 0.2) is 28.3 Å². The molecule has 1 aliphatic carbocycles. The molecule has 1 aliphatic heterocycles. The molecular formula is C17H22N4O3S2. The van der Waals surface area contributed by atoms with Crippen molar-refractivity contribution in [2.75, 3.05) is 18.8 Å². The maximum Gasteiger partial charge on any atom is 0.244 e. The van der Waals surface area contributed by atoms with Gasteiger partial charge in [0.05, 0.1) is 16.8 Å². The van der Waals surface area contributed by atoms with Crippen molar-refractivity contribution >= 4 is 27.7 Å². The van der Waals surface area contributed by atoms with Crippen LogP contribution in [-0.4, -0.2) is 48.0 Å². The van der Waals surface area contributed by atoms with Gasteiger partial charge in [0.2, 0.25) is 15.9 Å². The Morgan fingerprint density at radius 1 is 1.42 bits per heavy atom. The van der Waals surface area contributed by atoms with E-state index in [9.17, 15) is 18.5 Å². The molecule has 0 aromatic carbocycles. The molecule has 1 atom stereocenters. The maximum atomic E-state index is 12.5. The molecule has 3 rings (SSSR count). The molecule has 0 bridgehead atoms. The number of carbonyl (C=O) groups excluding carboxylic acids is 1. The minimum absolute atomic E-state index is 0.134. The second-order valence-corrected chi connectivity index (χ2v) is 9.80. The molecule has 0 spiro atoms. The third kappa shape index (κ3) is 4.19. The van der Waals surface area contributed by atoms with Crippen molar-refractivity contribution in [3.63, 3.8) is 0 Å². The summed E-state index contributed by atoms with van der Waals surface area (Å²) in [6.07, 6.45) is 5.05. The summed E-state index contributed by atoms with van der Waals surface area (Å²) in [5.74, 6) is 0.144. The van der Waals surface area contributed by atoms with E-state index in [-0.39, 0.29) is 22.5 Å². The Hall–Kier alpha value is -1.63. The molecule has 1 N–H and O–H groups in total.